The van der Waals surface area contributed by atoms with Gasteiger partial charge in [-0.05, 0) is 18.6 Å². The number of aryl methyl sites for hydroxylation is 2. The van der Waals surface area contributed by atoms with Crippen LogP contribution in [0.3, 0.4) is 0 Å². The minimum Gasteiger partial charge on any atom is -0.404 e. The Morgan fingerprint density at radius 2 is 2.25 bits per heavy atom. The zero-order valence-electron chi connectivity index (χ0n) is 9.21. The first-order valence-corrected chi connectivity index (χ1v) is 4.88. The Kier molecular flexibility index (Phi) is 2.82. The lowest BCUT2D eigenvalue weighted by atomic mass is 10.1. The van der Waals surface area contributed by atoms with Gasteiger partial charge in [-0.25, -0.2) is 4.98 Å². The van der Waals surface area contributed by atoms with E-state index in [-0.39, 0.29) is 6.01 Å². The van der Waals surface area contributed by atoms with Gasteiger partial charge in [0.2, 0.25) is 5.88 Å². The molecule has 0 amide bonds. The molecule has 84 valence electrons. The SMILES string of the molecule is Cc1ccnc(Oc2ncn(C)n2)c1CN. The molecule has 0 fully saturated rings. The Hall–Kier alpha value is -1.95. The standard InChI is InChI=1S/C10H13N5O/c1-7-3-4-12-9(8(7)5-11)16-10-13-6-15(2)14-10/h3-4,6H,5,11H2,1-2H3. The fourth-order valence-electron chi connectivity index (χ4n) is 1.35. The van der Waals surface area contributed by atoms with E-state index < -0.39 is 0 Å². The summed E-state index contributed by atoms with van der Waals surface area (Å²) in [6, 6.07) is 2.16. The molecule has 2 N–H and O–H groups in total. The fourth-order valence-corrected chi connectivity index (χ4v) is 1.35. The first-order chi connectivity index (χ1) is 7.70. The van der Waals surface area contributed by atoms with Crippen LogP contribution in [-0.4, -0.2) is 19.7 Å². The lowest BCUT2D eigenvalue weighted by Gasteiger charge is -2.07. The molecule has 0 spiro atoms. The van der Waals surface area contributed by atoms with Crippen molar-refractivity contribution in [1.29, 1.82) is 0 Å². The van der Waals surface area contributed by atoms with Crippen molar-refractivity contribution in [1.82, 2.24) is 19.7 Å². The molecule has 0 aliphatic carbocycles. The molecule has 2 heterocycles. The predicted octanol–water partition coefficient (Wildman–Crippen LogP) is 0.770. The van der Waals surface area contributed by atoms with Crippen LogP contribution in [0, 0.1) is 6.92 Å². The summed E-state index contributed by atoms with van der Waals surface area (Å²) in [6.45, 7) is 2.34. The number of rotatable bonds is 3. The maximum atomic E-state index is 5.64. The minimum absolute atomic E-state index is 0.273. The Balaban J connectivity index is 2.30. The number of pyridine rings is 1. The van der Waals surface area contributed by atoms with E-state index in [2.05, 4.69) is 15.1 Å². The fraction of sp³-hybridized carbons (Fsp3) is 0.300. The van der Waals surface area contributed by atoms with Gasteiger partial charge >= 0.3 is 6.01 Å². The van der Waals surface area contributed by atoms with Crippen molar-refractivity contribution in [3.05, 3.63) is 29.7 Å². The highest BCUT2D eigenvalue weighted by Crippen LogP contribution is 2.21. The van der Waals surface area contributed by atoms with Crippen LogP contribution in [0.25, 0.3) is 0 Å². The van der Waals surface area contributed by atoms with Gasteiger partial charge in [0.1, 0.15) is 6.33 Å². The summed E-state index contributed by atoms with van der Waals surface area (Å²) >= 11 is 0. The van der Waals surface area contributed by atoms with Crippen LogP contribution in [0.1, 0.15) is 11.1 Å². The van der Waals surface area contributed by atoms with Gasteiger partial charge < -0.3 is 10.5 Å². The Bertz CT molecular complexity index is 494. The zero-order valence-corrected chi connectivity index (χ0v) is 9.21. The third-order valence-electron chi connectivity index (χ3n) is 2.22. The first kappa shape index (κ1) is 10.6. The van der Waals surface area contributed by atoms with Crippen LogP contribution in [0.5, 0.6) is 11.9 Å². The first-order valence-electron chi connectivity index (χ1n) is 4.88. The summed E-state index contributed by atoms with van der Waals surface area (Å²) in [5.74, 6) is 0.466. The molecule has 0 atom stereocenters. The number of hydrogen-bond donors (Lipinski definition) is 1. The second-order valence-corrected chi connectivity index (χ2v) is 3.42. The Morgan fingerprint density at radius 3 is 2.88 bits per heavy atom. The molecule has 0 unspecified atom stereocenters. The number of nitrogens with zero attached hydrogens (tertiary/aromatic N) is 4. The molecule has 0 aromatic carbocycles. The maximum Gasteiger partial charge on any atom is 0.342 e. The highest BCUT2D eigenvalue weighted by molar-refractivity contribution is 5.34. The summed E-state index contributed by atoms with van der Waals surface area (Å²) in [6.07, 6.45) is 3.24. The second kappa shape index (κ2) is 4.28. The van der Waals surface area contributed by atoms with Crippen LogP contribution in [-0.2, 0) is 13.6 Å². The van der Waals surface area contributed by atoms with Gasteiger partial charge in [0, 0.05) is 25.4 Å². The zero-order chi connectivity index (χ0) is 11.5. The monoisotopic (exact) mass is 219 g/mol. The Labute approximate surface area is 93.1 Å². The maximum absolute atomic E-state index is 5.64. The molecule has 6 nitrogen and oxygen atoms in total. The molecule has 6 heteroatoms. The largest absolute Gasteiger partial charge is 0.404 e. The van der Waals surface area contributed by atoms with Gasteiger partial charge in [-0.1, -0.05) is 0 Å². The summed E-state index contributed by atoms with van der Waals surface area (Å²) in [5.41, 5.74) is 7.56. The molecular weight excluding hydrogens is 206 g/mol. The lowest BCUT2D eigenvalue weighted by Crippen LogP contribution is -2.04. The van der Waals surface area contributed by atoms with E-state index in [1.807, 2.05) is 13.0 Å². The van der Waals surface area contributed by atoms with Gasteiger partial charge in [-0.15, -0.1) is 5.10 Å². The lowest BCUT2D eigenvalue weighted by molar-refractivity contribution is 0.417. The Morgan fingerprint density at radius 1 is 1.44 bits per heavy atom. The van der Waals surface area contributed by atoms with E-state index in [4.69, 9.17) is 10.5 Å². The molecule has 0 aliphatic rings. The van der Waals surface area contributed by atoms with E-state index in [9.17, 15) is 0 Å². The summed E-state index contributed by atoms with van der Waals surface area (Å²) in [4.78, 5) is 8.09. The van der Waals surface area contributed by atoms with E-state index in [0.29, 0.717) is 12.4 Å². The van der Waals surface area contributed by atoms with E-state index >= 15 is 0 Å². The average molecular weight is 219 g/mol. The smallest absolute Gasteiger partial charge is 0.342 e. The normalized spacial score (nSPS) is 10.4. The van der Waals surface area contributed by atoms with Gasteiger partial charge in [-0.2, -0.15) is 4.98 Å². The van der Waals surface area contributed by atoms with Crippen molar-refractivity contribution in [3.63, 3.8) is 0 Å². The molecule has 2 aromatic rings. The van der Waals surface area contributed by atoms with Gasteiger partial charge in [0.05, 0.1) is 0 Å². The van der Waals surface area contributed by atoms with E-state index in [0.717, 1.165) is 11.1 Å². The van der Waals surface area contributed by atoms with Crippen LogP contribution in [0.4, 0.5) is 0 Å². The van der Waals surface area contributed by atoms with Crippen LogP contribution >= 0.6 is 0 Å². The molecule has 0 radical (unpaired) electrons. The molecule has 0 saturated heterocycles. The van der Waals surface area contributed by atoms with Crippen LogP contribution < -0.4 is 10.5 Å². The van der Waals surface area contributed by atoms with Crippen molar-refractivity contribution < 1.29 is 4.74 Å². The quantitative estimate of drug-likeness (QED) is 0.824. The van der Waals surface area contributed by atoms with Crippen molar-refractivity contribution in [2.75, 3.05) is 0 Å². The number of hydrogen-bond acceptors (Lipinski definition) is 5. The molecule has 0 aliphatic heterocycles. The van der Waals surface area contributed by atoms with Crippen molar-refractivity contribution in [3.8, 4) is 11.9 Å². The highest BCUT2D eigenvalue weighted by Gasteiger charge is 2.09. The highest BCUT2D eigenvalue weighted by atomic mass is 16.5. The second-order valence-electron chi connectivity index (χ2n) is 3.42. The third-order valence-corrected chi connectivity index (χ3v) is 2.22. The number of nitrogens with two attached hydrogens (primary N) is 1. The van der Waals surface area contributed by atoms with Crippen molar-refractivity contribution in [2.45, 2.75) is 13.5 Å². The predicted molar refractivity (Wildman–Crippen MR) is 57.9 cm³/mol. The summed E-state index contributed by atoms with van der Waals surface area (Å²) in [5, 5.41) is 4.01. The third kappa shape index (κ3) is 2.01. The summed E-state index contributed by atoms with van der Waals surface area (Å²) < 4.78 is 7.03. The molecule has 2 aromatic heterocycles. The molecule has 0 saturated carbocycles. The topological polar surface area (TPSA) is 78.9 Å². The van der Waals surface area contributed by atoms with Gasteiger partial charge in [0.25, 0.3) is 0 Å². The minimum atomic E-state index is 0.273. The van der Waals surface area contributed by atoms with Gasteiger partial charge in [0.15, 0.2) is 0 Å². The number of aromatic nitrogens is 4. The van der Waals surface area contributed by atoms with Gasteiger partial charge in [-0.3, -0.25) is 4.68 Å². The summed E-state index contributed by atoms with van der Waals surface area (Å²) in [7, 11) is 1.77. The van der Waals surface area contributed by atoms with E-state index in [1.165, 1.54) is 0 Å². The van der Waals surface area contributed by atoms with Crippen LogP contribution in [0.15, 0.2) is 18.6 Å². The van der Waals surface area contributed by atoms with Crippen molar-refractivity contribution in [2.24, 2.45) is 12.8 Å². The van der Waals surface area contributed by atoms with Crippen molar-refractivity contribution >= 4 is 0 Å². The molecule has 2 rings (SSSR count). The molecule has 0 bridgehead atoms. The molecule has 16 heavy (non-hydrogen) atoms. The molecular formula is C10H13N5O. The number of ether oxygens (including phenoxy) is 1. The van der Waals surface area contributed by atoms with Crippen LogP contribution in [0.2, 0.25) is 0 Å². The average Bonchev–Trinajstić information content (AvgIpc) is 2.64. The van der Waals surface area contributed by atoms with E-state index in [1.54, 1.807) is 24.3 Å².